The van der Waals surface area contributed by atoms with Crippen LogP contribution >= 0.6 is 11.8 Å². The zero-order chi connectivity index (χ0) is 13.8. The van der Waals surface area contributed by atoms with Crippen molar-refractivity contribution in [3.8, 4) is 0 Å². The highest BCUT2D eigenvalue weighted by molar-refractivity contribution is 7.99. The van der Waals surface area contributed by atoms with Gasteiger partial charge in [0.15, 0.2) is 5.96 Å². The molecular weight excluding hydrogens is 242 g/mol. The van der Waals surface area contributed by atoms with E-state index in [2.05, 4.69) is 62.5 Å². The van der Waals surface area contributed by atoms with E-state index in [4.69, 9.17) is 5.73 Å². The molecule has 0 aliphatic carbocycles. The number of nitrogens with one attached hydrogen (secondary N) is 1. The van der Waals surface area contributed by atoms with Crippen LogP contribution in [0.5, 0.6) is 0 Å². The van der Waals surface area contributed by atoms with E-state index in [0.717, 1.165) is 5.69 Å². The molecule has 3 nitrogen and oxygen atoms in total. The largest absolute Gasteiger partial charge is 0.370 e. The molecule has 0 saturated heterocycles. The van der Waals surface area contributed by atoms with E-state index >= 15 is 0 Å². The van der Waals surface area contributed by atoms with Gasteiger partial charge in [0.05, 0.1) is 6.54 Å². The summed E-state index contributed by atoms with van der Waals surface area (Å²) in [6.45, 7) is 9.17. The fraction of sp³-hybridized carbons (Fsp3) is 0.500. The summed E-state index contributed by atoms with van der Waals surface area (Å²) >= 11 is 1.79. The van der Waals surface area contributed by atoms with Gasteiger partial charge in [-0.3, -0.25) is 4.99 Å². The van der Waals surface area contributed by atoms with Gasteiger partial charge in [-0.05, 0) is 57.2 Å². The third-order valence-electron chi connectivity index (χ3n) is 2.68. The number of benzene rings is 1. The van der Waals surface area contributed by atoms with Crippen LogP contribution in [0.25, 0.3) is 0 Å². The lowest BCUT2D eigenvalue weighted by atomic mass is 10.1. The number of rotatable bonds is 4. The van der Waals surface area contributed by atoms with E-state index < -0.39 is 0 Å². The number of hydrogen-bond donors (Lipinski definition) is 2. The Morgan fingerprint density at radius 2 is 1.83 bits per heavy atom. The molecule has 1 aromatic carbocycles. The van der Waals surface area contributed by atoms with Gasteiger partial charge in [-0.2, -0.15) is 11.8 Å². The summed E-state index contributed by atoms with van der Waals surface area (Å²) in [7, 11) is 0. The molecule has 4 heteroatoms. The smallest absolute Gasteiger partial charge is 0.193 e. The first-order valence-corrected chi connectivity index (χ1v) is 7.25. The van der Waals surface area contributed by atoms with Crippen molar-refractivity contribution < 1.29 is 0 Å². The summed E-state index contributed by atoms with van der Waals surface area (Å²) < 4.78 is 0.120. The summed E-state index contributed by atoms with van der Waals surface area (Å²) in [6, 6.07) is 6.26. The minimum atomic E-state index is 0.120. The maximum absolute atomic E-state index is 5.90. The molecule has 3 N–H and O–H groups in total. The van der Waals surface area contributed by atoms with Gasteiger partial charge in [0.25, 0.3) is 0 Å². The Morgan fingerprint density at radius 3 is 2.33 bits per heavy atom. The number of nitrogens with zero attached hydrogens (tertiary/aromatic N) is 1. The highest BCUT2D eigenvalue weighted by atomic mass is 32.2. The van der Waals surface area contributed by atoms with Crippen LogP contribution in [0.1, 0.15) is 25.0 Å². The predicted octanol–water partition coefficient (Wildman–Crippen LogP) is 3.17. The molecule has 1 rings (SSSR count). The van der Waals surface area contributed by atoms with Crippen LogP contribution in [0.2, 0.25) is 0 Å². The number of anilines is 1. The van der Waals surface area contributed by atoms with Crippen molar-refractivity contribution in [1.29, 1.82) is 0 Å². The van der Waals surface area contributed by atoms with Gasteiger partial charge in [0.2, 0.25) is 0 Å². The average Bonchev–Trinajstić information content (AvgIpc) is 2.25. The molecule has 0 spiro atoms. The van der Waals surface area contributed by atoms with E-state index in [1.165, 1.54) is 11.1 Å². The van der Waals surface area contributed by atoms with Crippen LogP contribution in [0, 0.1) is 13.8 Å². The summed E-state index contributed by atoms with van der Waals surface area (Å²) in [5, 5.41) is 3.14. The number of aliphatic imine (C=N–C) groups is 1. The Balaban J connectivity index is 2.69. The number of thioether (sulfide) groups is 1. The Bertz CT molecular complexity index is 418. The van der Waals surface area contributed by atoms with Crippen LogP contribution in [-0.2, 0) is 0 Å². The predicted molar refractivity (Wildman–Crippen MR) is 83.6 cm³/mol. The van der Waals surface area contributed by atoms with Gasteiger partial charge in [-0.25, -0.2) is 0 Å². The molecule has 18 heavy (non-hydrogen) atoms. The third-order valence-corrected chi connectivity index (χ3v) is 3.91. The minimum Gasteiger partial charge on any atom is -0.370 e. The van der Waals surface area contributed by atoms with Crippen molar-refractivity contribution in [2.75, 3.05) is 18.1 Å². The normalized spacial score (nSPS) is 12.6. The maximum Gasteiger partial charge on any atom is 0.193 e. The number of aryl methyl sites for hydroxylation is 2. The summed E-state index contributed by atoms with van der Waals surface area (Å²) in [5.74, 6) is 0.474. The highest BCUT2D eigenvalue weighted by Gasteiger charge is 2.14. The summed E-state index contributed by atoms with van der Waals surface area (Å²) in [5.41, 5.74) is 9.33. The van der Waals surface area contributed by atoms with Gasteiger partial charge >= 0.3 is 0 Å². The molecule has 0 radical (unpaired) electrons. The van der Waals surface area contributed by atoms with Crippen LogP contribution < -0.4 is 11.1 Å². The zero-order valence-electron chi connectivity index (χ0n) is 11.9. The van der Waals surface area contributed by atoms with E-state index in [0.29, 0.717) is 12.5 Å². The van der Waals surface area contributed by atoms with Crippen LogP contribution in [0.3, 0.4) is 0 Å². The maximum atomic E-state index is 5.90. The first-order chi connectivity index (χ1) is 8.32. The fourth-order valence-corrected chi connectivity index (χ4v) is 1.77. The molecular formula is C14H23N3S. The lowest BCUT2D eigenvalue weighted by Crippen LogP contribution is -2.27. The van der Waals surface area contributed by atoms with Crippen molar-refractivity contribution >= 4 is 23.4 Å². The second kappa shape index (κ2) is 6.14. The molecule has 1 aromatic rings. The van der Waals surface area contributed by atoms with Gasteiger partial charge in [-0.1, -0.05) is 6.07 Å². The van der Waals surface area contributed by atoms with Gasteiger partial charge < -0.3 is 11.1 Å². The third kappa shape index (κ3) is 5.00. The van der Waals surface area contributed by atoms with Gasteiger partial charge in [0.1, 0.15) is 0 Å². The van der Waals surface area contributed by atoms with E-state index in [-0.39, 0.29) is 4.75 Å². The van der Waals surface area contributed by atoms with Gasteiger partial charge in [-0.15, -0.1) is 0 Å². The first kappa shape index (κ1) is 14.9. The molecule has 0 fully saturated rings. The van der Waals surface area contributed by atoms with Crippen molar-refractivity contribution in [1.82, 2.24) is 0 Å². The van der Waals surface area contributed by atoms with Gasteiger partial charge in [0, 0.05) is 10.4 Å². The number of nitrogens with two attached hydrogens (primary N) is 1. The van der Waals surface area contributed by atoms with Crippen LogP contribution in [-0.4, -0.2) is 23.5 Å². The quantitative estimate of drug-likeness (QED) is 0.649. The van der Waals surface area contributed by atoms with E-state index in [1.54, 1.807) is 11.8 Å². The van der Waals surface area contributed by atoms with Crippen molar-refractivity contribution in [2.24, 2.45) is 10.7 Å². The first-order valence-electron chi connectivity index (χ1n) is 6.03. The summed E-state index contributed by atoms with van der Waals surface area (Å²) in [6.07, 6.45) is 2.09. The zero-order valence-corrected chi connectivity index (χ0v) is 12.7. The number of guanidine groups is 1. The van der Waals surface area contributed by atoms with Crippen LogP contribution in [0.4, 0.5) is 5.69 Å². The molecule has 100 valence electrons. The summed E-state index contributed by atoms with van der Waals surface area (Å²) in [4.78, 5) is 4.38. The molecule has 0 heterocycles. The Hall–Kier alpha value is -1.16. The second-order valence-corrected chi connectivity index (χ2v) is 6.68. The van der Waals surface area contributed by atoms with Crippen LogP contribution in [0.15, 0.2) is 23.2 Å². The van der Waals surface area contributed by atoms with E-state index in [9.17, 15) is 0 Å². The fourth-order valence-electron chi connectivity index (χ4n) is 1.57. The Kier molecular flexibility index (Phi) is 5.08. The molecule has 0 saturated carbocycles. The Labute approximate surface area is 114 Å². The lowest BCUT2D eigenvalue weighted by Gasteiger charge is -2.19. The molecule has 0 bridgehead atoms. The monoisotopic (exact) mass is 265 g/mol. The highest BCUT2D eigenvalue weighted by Crippen LogP contribution is 2.21. The molecule has 0 amide bonds. The lowest BCUT2D eigenvalue weighted by molar-refractivity contribution is 0.726. The molecule has 0 atom stereocenters. The van der Waals surface area contributed by atoms with E-state index in [1.807, 2.05) is 0 Å². The Morgan fingerprint density at radius 1 is 1.28 bits per heavy atom. The molecule has 0 aliphatic rings. The molecule has 0 aromatic heterocycles. The minimum absolute atomic E-state index is 0.120. The number of hydrogen-bond acceptors (Lipinski definition) is 2. The average molecular weight is 265 g/mol. The molecule has 0 unspecified atom stereocenters. The second-order valence-electron chi connectivity index (χ2n) is 5.17. The standard InChI is InChI=1S/C14H23N3S/c1-10-6-11(2)8-12(7-10)17-13(15)16-9-14(3,4)18-5/h6-8H,9H2,1-5H3,(H3,15,16,17). The molecule has 0 aliphatic heterocycles. The SMILES string of the molecule is CSC(C)(C)CN=C(N)Nc1cc(C)cc(C)c1. The van der Waals surface area contributed by atoms with Crippen molar-refractivity contribution in [3.63, 3.8) is 0 Å². The van der Waals surface area contributed by atoms with Crippen molar-refractivity contribution in [3.05, 3.63) is 29.3 Å². The topological polar surface area (TPSA) is 50.4 Å². The van der Waals surface area contributed by atoms with Crippen molar-refractivity contribution in [2.45, 2.75) is 32.4 Å².